The minimum absolute atomic E-state index is 0.0212. The van der Waals surface area contributed by atoms with Crippen molar-refractivity contribution >= 4 is 27.5 Å². The van der Waals surface area contributed by atoms with Crippen molar-refractivity contribution < 1.29 is 17.9 Å². The van der Waals surface area contributed by atoms with E-state index in [0.29, 0.717) is 41.6 Å². The molecule has 0 saturated heterocycles. The number of benzene rings is 1. The Bertz CT molecular complexity index is 1200. The van der Waals surface area contributed by atoms with Gasteiger partial charge in [0.25, 0.3) is 10.0 Å². The number of hydrogen-bond acceptors (Lipinski definition) is 7. The quantitative estimate of drug-likeness (QED) is 0.353. The lowest BCUT2D eigenvalue weighted by Gasteiger charge is -2.11. The van der Waals surface area contributed by atoms with Gasteiger partial charge in [0.15, 0.2) is 4.21 Å². The molecule has 1 amide bonds. The first-order chi connectivity index (χ1) is 16.2. The zero-order valence-corrected chi connectivity index (χ0v) is 21.7. The van der Waals surface area contributed by atoms with Gasteiger partial charge in [0, 0.05) is 30.4 Å². The van der Waals surface area contributed by atoms with Gasteiger partial charge in [0.1, 0.15) is 11.5 Å². The first-order valence-corrected chi connectivity index (χ1v) is 13.8. The maximum absolute atomic E-state index is 13.0. The van der Waals surface area contributed by atoms with E-state index in [1.54, 1.807) is 6.20 Å². The Labute approximate surface area is 205 Å². The van der Waals surface area contributed by atoms with Crippen molar-refractivity contribution in [3.63, 3.8) is 0 Å². The van der Waals surface area contributed by atoms with Crippen LogP contribution in [0.2, 0.25) is 0 Å². The van der Waals surface area contributed by atoms with E-state index in [1.807, 2.05) is 49.0 Å². The van der Waals surface area contributed by atoms with Gasteiger partial charge in [0.2, 0.25) is 0 Å². The van der Waals surface area contributed by atoms with Gasteiger partial charge < -0.3 is 9.30 Å². The van der Waals surface area contributed by atoms with Crippen LogP contribution >= 0.6 is 11.3 Å². The van der Waals surface area contributed by atoms with Crippen LogP contribution in [0.4, 0.5) is 4.79 Å². The third kappa shape index (κ3) is 6.44. The Balaban J connectivity index is 1.86. The number of nitrogens with one attached hydrogen (secondary N) is 1. The molecule has 3 aromatic rings. The van der Waals surface area contributed by atoms with Gasteiger partial charge in [-0.15, -0.1) is 11.3 Å². The van der Waals surface area contributed by atoms with Crippen molar-refractivity contribution in [3.8, 4) is 11.3 Å². The Morgan fingerprint density at radius 1 is 1.18 bits per heavy atom. The van der Waals surface area contributed by atoms with E-state index in [1.165, 1.54) is 0 Å². The Hall–Kier alpha value is -2.72. The lowest BCUT2D eigenvalue weighted by Crippen LogP contribution is -2.31. The highest BCUT2D eigenvalue weighted by Crippen LogP contribution is 2.33. The first-order valence-electron chi connectivity index (χ1n) is 11.5. The number of nitrogens with zero attached hydrogens (tertiary/aromatic N) is 3. The summed E-state index contributed by atoms with van der Waals surface area (Å²) in [7, 11) is -4.12. The molecule has 184 valence electrons. The van der Waals surface area contributed by atoms with Crippen LogP contribution in [-0.4, -0.2) is 35.7 Å². The van der Waals surface area contributed by atoms with Crippen LogP contribution in [0, 0.1) is 0 Å². The number of thiazole rings is 1. The van der Waals surface area contributed by atoms with Crippen molar-refractivity contribution in [1.29, 1.82) is 0 Å². The number of imidazole rings is 1. The number of amides is 1. The molecule has 0 aliphatic heterocycles. The molecule has 0 bridgehead atoms. The van der Waals surface area contributed by atoms with Crippen LogP contribution < -0.4 is 4.72 Å². The van der Waals surface area contributed by atoms with Crippen molar-refractivity contribution in [2.24, 2.45) is 0 Å². The summed E-state index contributed by atoms with van der Waals surface area (Å²) in [6, 6.07) is 7.65. The standard InChI is InChI=1S/C24H32N4O4S2/c1-5-7-15-32-24(29)27-34(30,31)23-21(26-20(33-23)8-6-2)19-11-9-18(10-12-19)16-28-14-13-25-22(28)17(3)4/h9-14,17H,5-8,15-16H2,1-4H3,(H,27,29). The molecule has 0 spiro atoms. The highest BCUT2D eigenvalue weighted by molar-refractivity contribution is 7.92. The molecule has 0 aliphatic carbocycles. The van der Waals surface area contributed by atoms with E-state index >= 15 is 0 Å². The van der Waals surface area contributed by atoms with Crippen LogP contribution in [0.15, 0.2) is 40.9 Å². The number of aromatic nitrogens is 3. The molecule has 0 unspecified atom stereocenters. The predicted molar refractivity (Wildman–Crippen MR) is 134 cm³/mol. The van der Waals surface area contributed by atoms with Gasteiger partial charge in [0.05, 0.1) is 11.6 Å². The maximum atomic E-state index is 13.0. The number of aryl methyl sites for hydroxylation is 1. The molecule has 10 heteroatoms. The van der Waals surface area contributed by atoms with Crippen molar-refractivity contribution in [2.75, 3.05) is 6.61 Å². The molecule has 0 atom stereocenters. The maximum Gasteiger partial charge on any atom is 0.421 e. The third-order valence-corrected chi connectivity index (χ3v) is 8.08. The van der Waals surface area contributed by atoms with Crippen molar-refractivity contribution in [2.45, 2.75) is 70.1 Å². The SMILES string of the molecule is CCCCOC(=O)NS(=O)(=O)c1sc(CCC)nc1-c1ccc(Cn2ccnc2C(C)C)cc1. The van der Waals surface area contributed by atoms with Gasteiger partial charge in [-0.25, -0.2) is 27.9 Å². The molecule has 1 aromatic carbocycles. The van der Waals surface area contributed by atoms with Gasteiger partial charge >= 0.3 is 6.09 Å². The van der Waals surface area contributed by atoms with E-state index in [0.717, 1.165) is 35.6 Å². The van der Waals surface area contributed by atoms with Crippen LogP contribution in [-0.2, 0) is 27.7 Å². The average Bonchev–Trinajstić information content (AvgIpc) is 3.42. The second-order valence-corrected chi connectivity index (χ2v) is 11.3. The first kappa shape index (κ1) is 25.9. The molecule has 2 aromatic heterocycles. The number of unbranched alkanes of at least 4 members (excludes halogenated alkanes) is 1. The minimum Gasteiger partial charge on any atom is -0.449 e. The highest BCUT2D eigenvalue weighted by atomic mass is 32.2. The second kappa shape index (κ2) is 11.6. The highest BCUT2D eigenvalue weighted by Gasteiger charge is 2.27. The molecule has 2 heterocycles. The molecule has 0 saturated carbocycles. The second-order valence-electron chi connectivity index (χ2n) is 8.35. The molecule has 0 radical (unpaired) electrons. The van der Waals surface area contributed by atoms with Crippen LogP contribution in [0.1, 0.15) is 69.3 Å². The minimum atomic E-state index is -4.12. The summed E-state index contributed by atoms with van der Waals surface area (Å²) < 4.78 is 35.2. The van der Waals surface area contributed by atoms with E-state index < -0.39 is 16.1 Å². The fourth-order valence-corrected chi connectivity index (χ4v) is 6.01. The molecule has 0 fully saturated rings. The number of ether oxygens (including phenoxy) is 1. The largest absolute Gasteiger partial charge is 0.449 e. The number of carbonyl (C=O) groups is 1. The van der Waals surface area contributed by atoms with Crippen LogP contribution in [0.3, 0.4) is 0 Å². The molecule has 0 aliphatic rings. The normalized spacial score (nSPS) is 11.7. The summed E-state index contributed by atoms with van der Waals surface area (Å²) in [4.78, 5) is 21.0. The number of carbonyl (C=O) groups excluding carboxylic acids is 1. The summed E-state index contributed by atoms with van der Waals surface area (Å²) in [5, 5.41) is 0.710. The molecule has 3 rings (SSSR count). The van der Waals surface area contributed by atoms with Crippen molar-refractivity contribution in [3.05, 3.63) is 53.1 Å². The molecular formula is C24H32N4O4S2. The Morgan fingerprint density at radius 2 is 1.91 bits per heavy atom. The predicted octanol–water partition coefficient (Wildman–Crippen LogP) is 5.35. The van der Waals surface area contributed by atoms with E-state index in [-0.39, 0.29) is 10.8 Å². The van der Waals surface area contributed by atoms with Gasteiger partial charge in [-0.3, -0.25) is 0 Å². The summed E-state index contributed by atoms with van der Waals surface area (Å²) in [5.41, 5.74) is 2.09. The lowest BCUT2D eigenvalue weighted by molar-refractivity contribution is 0.151. The molecular weight excluding hydrogens is 472 g/mol. The van der Waals surface area contributed by atoms with Gasteiger partial charge in [-0.2, -0.15) is 0 Å². The zero-order chi connectivity index (χ0) is 24.7. The van der Waals surface area contributed by atoms with Crippen LogP contribution in [0.25, 0.3) is 11.3 Å². The third-order valence-electron chi connectivity index (χ3n) is 5.14. The summed E-state index contributed by atoms with van der Waals surface area (Å²) in [5.74, 6) is 1.33. The number of sulfonamides is 1. The topological polar surface area (TPSA) is 103 Å². The summed E-state index contributed by atoms with van der Waals surface area (Å²) >= 11 is 1.09. The van der Waals surface area contributed by atoms with E-state index in [9.17, 15) is 13.2 Å². The smallest absolute Gasteiger partial charge is 0.421 e. The Kier molecular flexibility index (Phi) is 8.84. The lowest BCUT2D eigenvalue weighted by atomic mass is 10.1. The van der Waals surface area contributed by atoms with Gasteiger partial charge in [-0.1, -0.05) is 58.4 Å². The fraction of sp³-hybridized carbons (Fsp3) is 0.458. The molecule has 34 heavy (non-hydrogen) atoms. The van der Waals surface area contributed by atoms with Crippen LogP contribution in [0.5, 0.6) is 0 Å². The molecule has 1 N–H and O–H groups in total. The monoisotopic (exact) mass is 504 g/mol. The molecule has 8 nitrogen and oxygen atoms in total. The fourth-order valence-electron chi connectivity index (χ4n) is 3.45. The van der Waals surface area contributed by atoms with E-state index in [2.05, 4.69) is 28.4 Å². The summed E-state index contributed by atoms with van der Waals surface area (Å²) in [6.07, 6.45) is 5.79. The summed E-state index contributed by atoms with van der Waals surface area (Å²) in [6.45, 7) is 9.02. The van der Waals surface area contributed by atoms with Gasteiger partial charge in [-0.05, 0) is 24.8 Å². The van der Waals surface area contributed by atoms with Crippen molar-refractivity contribution in [1.82, 2.24) is 19.3 Å². The number of rotatable bonds is 11. The van der Waals surface area contributed by atoms with E-state index in [4.69, 9.17) is 4.74 Å². The average molecular weight is 505 g/mol. The zero-order valence-electron chi connectivity index (χ0n) is 20.1. The number of hydrogen-bond donors (Lipinski definition) is 1. The Morgan fingerprint density at radius 3 is 2.56 bits per heavy atom.